The van der Waals surface area contributed by atoms with E-state index in [1.807, 2.05) is 12.1 Å². The van der Waals surface area contributed by atoms with Gasteiger partial charge in [0.15, 0.2) is 0 Å². The van der Waals surface area contributed by atoms with Gasteiger partial charge in [-0.3, -0.25) is 9.78 Å². The average Bonchev–Trinajstić information content (AvgIpc) is 2.83. The quantitative estimate of drug-likeness (QED) is 0.380. The summed E-state index contributed by atoms with van der Waals surface area (Å²) < 4.78 is 24.6. The van der Waals surface area contributed by atoms with Crippen LogP contribution in [0, 0.1) is 5.82 Å². The van der Waals surface area contributed by atoms with Crippen LogP contribution in [-0.2, 0) is 13.2 Å². The summed E-state index contributed by atoms with van der Waals surface area (Å²) in [7, 11) is 0. The number of carbonyl (C=O) groups excluding carboxylic acids is 1. The van der Waals surface area contributed by atoms with E-state index >= 15 is 0 Å². The number of carbonyl (C=O) groups is 1. The van der Waals surface area contributed by atoms with Crippen molar-refractivity contribution in [2.75, 3.05) is 0 Å². The topological polar surface area (TPSA) is 73.3 Å². The molecule has 0 spiro atoms. The van der Waals surface area contributed by atoms with Crippen molar-refractivity contribution < 1.29 is 18.7 Å². The number of nitrogens with zero attached hydrogens (tertiary/aromatic N) is 2. The molecule has 4 aromatic rings. The molecule has 2 aromatic carbocycles. The van der Waals surface area contributed by atoms with Gasteiger partial charge >= 0.3 is 0 Å². The van der Waals surface area contributed by atoms with Crippen LogP contribution < -0.4 is 14.8 Å². The number of rotatable bonds is 8. The number of halogens is 2. The van der Waals surface area contributed by atoms with Crippen molar-refractivity contribution in [3.8, 4) is 17.4 Å². The van der Waals surface area contributed by atoms with Crippen molar-refractivity contribution in [1.29, 1.82) is 0 Å². The summed E-state index contributed by atoms with van der Waals surface area (Å²) in [6, 6.07) is 20.3. The summed E-state index contributed by atoms with van der Waals surface area (Å²) in [6.07, 6.45) is 4.82. The van der Waals surface area contributed by atoms with Gasteiger partial charge in [-0.05, 0) is 65.7 Å². The number of pyridine rings is 2. The van der Waals surface area contributed by atoms with Crippen molar-refractivity contribution >= 4 is 18.3 Å². The zero-order valence-electron chi connectivity index (χ0n) is 17.5. The van der Waals surface area contributed by atoms with Gasteiger partial charge in [-0.25, -0.2) is 9.37 Å². The minimum Gasteiger partial charge on any atom is -0.489 e. The molecule has 0 radical (unpaired) electrons. The molecule has 0 bridgehead atoms. The van der Waals surface area contributed by atoms with Crippen molar-refractivity contribution in [3.63, 3.8) is 0 Å². The van der Waals surface area contributed by atoms with Gasteiger partial charge in [-0.1, -0.05) is 12.1 Å². The van der Waals surface area contributed by atoms with Crippen LogP contribution in [0.3, 0.4) is 0 Å². The maximum Gasteiger partial charge on any atom is 0.253 e. The normalized spacial score (nSPS) is 10.1. The molecule has 0 atom stereocenters. The summed E-state index contributed by atoms with van der Waals surface area (Å²) in [5.41, 5.74) is 2.15. The fourth-order valence-corrected chi connectivity index (χ4v) is 2.88. The molecule has 0 saturated heterocycles. The van der Waals surface area contributed by atoms with Gasteiger partial charge < -0.3 is 14.8 Å². The largest absolute Gasteiger partial charge is 0.489 e. The predicted molar refractivity (Wildman–Crippen MR) is 124 cm³/mol. The second-order valence-electron chi connectivity index (χ2n) is 6.92. The first-order valence-electron chi connectivity index (χ1n) is 9.94. The van der Waals surface area contributed by atoms with Gasteiger partial charge in [0.1, 0.15) is 23.9 Å². The average molecular weight is 466 g/mol. The standard InChI is InChI=1S/C25H20FN3O3.ClH/c26-21-3-1-2-19(14-21)17-31-22-5-7-23(8-6-22)32-24-9-4-20(16-28-24)25(30)29-15-18-10-12-27-13-11-18;/h1-14,16H,15,17H2,(H,29,30);1H. The van der Waals surface area contributed by atoms with Gasteiger partial charge in [-0.15, -0.1) is 12.4 Å². The molecule has 1 N–H and O–H groups in total. The van der Waals surface area contributed by atoms with Crippen LogP contribution in [0.25, 0.3) is 0 Å². The second kappa shape index (κ2) is 11.6. The molecule has 4 rings (SSSR count). The molecule has 6 nitrogen and oxygen atoms in total. The van der Waals surface area contributed by atoms with Crippen LogP contribution >= 0.6 is 12.4 Å². The van der Waals surface area contributed by atoms with Gasteiger partial charge in [0.25, 0.3) is 5.91 Å². The lowest BCUT2D eigenvalue weighted by Crippen LogP contribution is -2.22. The monoisotopic (exact) mass is 465 g/mol. The Hall–Kier alpha value is -3.97. The Morgan fingerprint density at radius 3 is 2.36 bits per heavy atom. The number of hydrogen-bond donors (Lipinski definition) is 1. The van der Waals surface area contributed by atoms with Crippen LogP contribution in [0.4, 0.5) is 4.39 Å². The smallest absolute Gasteiger partial charge is 0.253 e. The highest BCUT2D eigenvalue weighted by Gasteiger charge is 2.07. The first-order chi connectivity index (χ1) is 15.7. The van der Waals surface area contributed by atoms with E-state index in [0.717, 1.165) is 11.1 Å². The maximum absolute atomic E-state index is 13.2. The third-order valence-corrected chi connectivity index (χ3v) is 4.54. The molecule has 8 heteroatoms. The van der Waals surface area contributed by atoms with Crippen LogP contribution in [0.5, 0.6) is 17.4 Å². The molecule has 1 amide bonds. The molecular weight excluding hydrogens is 445 g/mol. The first-order valence-corrected chi connectivity index (χ1v) is 9.94. The Labute approximate surface area is 196 Å². The van der Waals surface area contributed by atoms with E-state index in [1.54, 1.807) is 60.9 Å². The van der Waals surface area contributed by atoms with Gasteiger partial charge in [-0.2, -0.15) is 0 Å². The highest BCUT2D eigenvalue weighted by Crippen LogP contribution is 2.23. The fourth-order valence-electron chi connectivity index (χ4n) is 2.88. The van der Waals surface area contributed by atoms with Crippen LogP contribution in [0.15, 0.2) is 91.4 Å². The third-order valence-electron chi connectivity index (χ3n) is 4.54. The second-order valence-corrected chi connectivity index (χ2v) is 6.92. The van der Waals surface area contributed by atoms with Gasteiger partial charge in [0.05, 0.1) is 5.56 Å². The van der Waals surface area contributed by atoms with E-state index in [0.29, 0.717) is 29.5 Å². The predicted octanol–water partition coefficient (Wildman–Crippen LogP) is 5.34. The highest BCUT2D eigenvalue weighted by atomic mass is 35.5. The molecule has 2 aromatic heterocycles. The van der Waals surface area contributed by atoms with Crippen LogP contribution in [0.1, 0.15) is 21.5 Å². The van der Waals surface area contributed by atoms with Gasteiger partial charge in [0, 0.05) is 31.2 Å². The Balaban J connectivity index is 0.00000306. The molecule has 0 unspecified atom stereocenters. The molecule has 33 heavy (non-hydrogen) atoms. The Kier molecular flexibility index (Phi) is 8.32. The van der Waals surface area contributed by atoms with Crippen molar-refractivity contribution in [1.82, 2.24) is 15.3 Å². The van der Waals surface area contributed by atoms with E-state index in [1.165, 1.54) is 18.3 Å². The van der Waals surface area contributed by atoms with Gasteiger partial charge in [0.2, 0.25) is 5.88 Å². The number of amides is 1. The number of aromatic nitrogens is 2. The van der Waals surface area contributed by atoms with E-state index < -0.39 is 0 Å². The SMILES string of the molecule is Cl.O=C(NCc1ccncc1)c1ccc(Oc2ccc(OCc3cccc(F)c3)cc2)nc1. The van der Waals surface area contributed by atoms with E-state index in [9.17, 15) is 9.18 Å². The Morgan fingerprint density at radius 2 is 1.67 bits per heavy atom. The van der Waals surface area contributed by atoms with Crippen LogP contribution in [0.2, 0.25) is 0 Å². The molecule has 0 aliphatic rings. The fraction of sp³-hybridized carbons (Fsp3) is 0.0800. The highest BCUT2D eigenvalue weighted by molar-refractivity contribution is 5.93. The summed E-state index contributed by atoms with van der Waals surface area (Å²) >= 11 is 0. The molecule has 0 saturated carbocycles. The molecule has 0 fully saturated rings. The third kappa shape index (κ3) is 7.02. The van der Waals surface area contributed by atoms with Crippen molar-refractivity contribution in [3.05, 3.63) is 114 Å². The maximum atomic E-state index is 13.2. The number of benzene rings is 2. The molecule has 0 aliphatic carbocycles. The number of hydrogen-bond acceptors (Lipinski definition) is 5. The van der Waals surface area contributed by atoms with Crippen molar-refractivity contribution in [2.24, 2.45) is 0 Å². The molecule has 168 valence electrons. The minimum absolute atomic E-state index is 0. The summed E-state index contributed by atoms with van der Waals surface area (Å²) in [5.74, 6) is 1.06. The Bertz CT molecular complexity index is 1170. The zero-order valence-corrected chi connectivity index (χ0v) is 18.3. The molecular formula is C25H21ClFN3O3. The minimum atomic E-state index is -0.292. The van der Waals surface area contributed by atoms with Crippen LogP contribution in [-0.4, -0.2) is 15.9 Å². The molecule has 0 aliphatic heterocycles. The lowest BCUT2D eigenvalue weighted by molar-refractivity contribution is 0.0950. The number of ether oxygens (including phenoxy) is 2. The zero-order chi connectivity index (χ0) is 22.2. The molecule has 2 heterocycles. The number of nitrogens with one attached hydrogen (secondary N) is 1. The van der Waals surface area contributed by atoms with E-state index in [4.69, 9.17) is 9.47 Å². The summed E-state index contributed by atoms with van der Waals surface area (Å²) in [6.45, 7) is 0.678. The van der Waals surface area contributed by atoms with E-state index in [-0.39, 0.29) is 30.7 Å². The van der Waals surface area contributed by atoms with E-state index in [2.05, 4.69) is 15.3 Å². The Morgan fingerprint density at radius 1 is 0.909 bits per heavy atom. The lowest BCUT2D eigenvalue weighted by atomic mass is 10.2. The first kappa shape index (κ1) is 23.7. The summed E-state index contributed by atoms with van der Waals surface area (Å²) in [4.78, 5) is 20.4. The lowest BCUT2D eigenvalue weighted by Gasteiger charge is -2.09. The van der Waals surface area contributed by atoms with Crippen molar-refractivity contribution in [2.45, 2.75) is 13.2 Å². The summed E-state index contributed by atoms with van der Waals surface area (Å²) in [5, 5.41) is 2.84.